The van der Waals surface area contributed by atoms with Crippen LogP contribution in [-0.2, 0) is 22.7 Å². The topological polar surface area (TPSA) is 94.6 Å². The Labute approximate surface area is 151 Å². The molecule has 26 heavy (non-hydrogen) atoms. The van der Waals surface area contributed by atoms with Crippen LogP contribution in [0.15, 0.2) is 12.3 Å². The molecule has 1 aromatic rings. The van der Waals surface area contributed by atoms with Gasteiger partial charge in [0.15, 0.2) is 0 Å². The SMILES string of the molecule is CC1(N2Cc3c(ccnc3CN3CCNCC3)C2=O)CCC(=O)NC1=O. The molecule has 1 aromatic heterocycles. The van der Waals surface area contributed by atoms with Gasteiger partial charge in [0.25, 0.3) is 11.8 Å². The largest absolute Gasteiger partial charge is 0.320 e. The molecule has 1 atom stereocenters. The van der Waals surface area contributed by atoms with E-state index in [2.05, 4.69) is 20.5 Å². The van der Waals surface area contributed by atoms with E-state index in [0.29, 0.717) is 25.1 Å². The van der Waals surface area contributed by atoms with E-state index in [1.807, 2.05) is 0 Å². The van der Waals surface area contributed by atoms with Crippen molar-refractivity contribution in [3.63, 3.8) is 0 Å². The summed E-state index contributed by atoms with van der Waals surface area (Å²) < 4.78 is 0. The van der Waals surface area contributed by atoms with Crippen LogP contribution in [0.4, 0.5) is 0 Å². The van der Waals surface area contributed by atoms with Gasteiger partial charge in [-0.2, -0.15) is 0 Å². The molecule has 2 N–H and O–H groups in total. The van der Waals surface area contributed by atoms with E-state index < -0.39 is 11.4 Å². The molecule has 0 saturated carbocycles. The van der Waals surface area contributed by atoms with Crippen LogP contribution >= 0.6 is 0 Å². The van der Waals surface area contributed by atoms with Crippen LogP contribution in [0.5, 0.6) is 0 Å². The molecule has 2 fully saturated rings. The van der Waals surface area contributed by atoms with E-state index in [-0.39, 0.29) is 18.2 Å². The van der Waals surface area contributed by atoms with Crippen LogP contribution < -0.4 is 10.6 Å². The first kappa shape index (κ1) is 17.1. The van der Waals surface area contributed by atoms with Crippen LogP contribution in [0.25, 0.3) is 0 Å². The van der Waals surface area contributed by atoms with E-state index >= 15 is 0 Å². The molecular formula is C18H23N5O3. The van der Waals surface area contributed by atoms with Gasteiger partial charge >= 0.3 is 0 Å². The molecule has 8 heteroatoms. The summed E-state index contributed by atoms with van der Waals surface area (Å²) in [5.41, 5.74) is 1.42. The van der Waals surface area contributed by atoms with E-state index in [1.165, 1.54) is 0 Å². The zero-order chi connectivity index (χ0) is 18.3. The van der Waals surface area contributed by atoms with Gasteiger partial charge in [-0.1, -0.05) is 0 Å². The number of fused-ring (bicyclic) bond motifs is 1. The lowest BCUT2D eigenvalue weighted by Gasteiger charge is -2.39. The Bertz CT molecular complexity index is 774. The molecule has 0 radical (unpaired) electrons. The van der Waals surface area contributed by atoms with Crippen molar-refractivity contribution in [2.45, 2.75) is 38.4 Å². The summed E-state index contributed by atoms with van der Waals surface area (Å²) in [6.45, 7) is 6.60. The maximum atomic E-state index is 13.0. The number of nitrogens with zero attached hydrogens (tertiary/aromatic N) is 3. The first-order chi connectivity index (χ1) is 12.5. The molecule has 3 amide bonds. The molecule has 2 saturated heterocycles. The predicted molar refractivity (Wildman–Crippen MR) is 93.0 cm³/mol. The number of pyridine rings is 1. The van der Waals surface area contributed by atoms with Gasteiger partial charge < -0.3 is 10.2 Å². The predicted octanol–water partition coefficient (Wildman–Crippen LogP) is -0.362. The van der Waals surface area contributed by atoms with Crippen LogP contribution in [0.1, 0.15) is 41.4 Å². The minimum absolute atomic E-state index is 0.157. The third-order valence-electron chi connectivity index (χ3n) is 5.70. The Morgan fingerprint density at radius 2 is 2.00 bits per heavy atom. The third-order valence-corrected chi connectivity index (χ3v) is 5.70. The second-order valence-corrected chi connectivity index (χ2v) is 7.35. The van der Waals surface area contributed by atoms with Crippen LogP contribution in [0, 0.1) is 0 Å². The van der Waals surface area contributed by atoms with Crippen LogP contribution in [0.2, 0.25) is 0 Å². The number of hydrogen-bond acceptors (Lipinski definition) is 6. The van der Waals surface area contributed by atoms with E-state index in [9.17, 15) is 14.4 Å². The second-order valence-electron chi connectivity index (χ2n) is 7.35. The fourth-order valence-electron chi connectivity index (χ4n) is 3.96. The molecular weight excluding hydrogens is 334 g/mol. The number of aromatic nitrogens is 1. The van der Waals surface area contributed by atoms with Crippen molar-refractivity contribution in [3.05, 3.63) is 29.1 Å². The summed E-state index contributed by atoms with van der Waals surface area (Å²) in [6.07, 6.45) is 2.26. The minimum atomic E-state index is -1.00. The standard InChI is InChI=1S/C18H23N5O3/c1-18(4-2-15(24)21-17(18)26)23-10-13-12(16(23)25)3-5-20-14(13)11-22-8-6-19-7-9-22/h3,5,19H,2,4,6-11H2,1H3,(H,21,24,26). The molecule has 1 unspecified atom stereocenters. The number of imide groups is 1. The highest BCUT2D eigenvalue weighted by molar-refractivity contribution is 6.07. The van der Waals surface area contributed by atoms with Gasteiger partial charge in [-0.15, -0.1) is 0 Å². The summed E-state index contributed by atoms with van der Waals surface area (Å²) in [7, 11) is 0. The lowest BCUT2D eigenvalue weighted by molar-refractivity contribution is -0.142. The van der Waals surface area contributed by atoms with Gasteiger partial charge in [-0.05, 0) is 19.4 Å². The molecule has 4 heterocycles. The van der Waals surface area contributed by atoms with Gasteiger partial charge in [-0.25, -0.2) is 0 Å². The minimum Gasteiger partial charge on any atom is -0.320 e. The molecule has 3 aliphatic rings. The maximum Gasteiger partial charge on any atom is 0.255 e. The number of rotatable bonds is 3. The number of piperidine rings is 1. The van der Waals surface area contributed by atoms with Gasteiger partial charge in [0.1, 0.15) is 5.54 Å². The first-order valence-corrected chi connectivity index (χ1v) is 9.05. The number of piperazine rings is 1. The van der Waals surface area contributed by atoms with E-state index in [1.54, 1.807) is 24.1 Å². The molecule has 4 rings (SSSR count). The van der Waals surface area contributed by atoms with Crippen molar-refractivity contribution in [3.8, 4) is 0 Å². The Kier molecular flexibility index (Phi) is 4.24. The number of hydrogen-bond donors (Lipinski definition) is 2. The van der Waals surface area contributed by atoms with Crippen molar-refractivity contribution in [2.75, 3.05) is 26.2 Å². The molecule has 3 aliphatic heterocycles. The van der Waals surface area contributed by atoms with Crippen molar-refractivity contribution in [1.82, 2.24) is 25.4 Å². The molecule has 0 spiro atoms. The highest BCUT2D eigenvalue weighted by Crippen LogP contribution is 2.35. The smallest absolute Gasteiger partial charge is 0.255 e. The summed E-state index contributed by atoms with van der Waals surface area (Å²) in [5, 5.41) is 5.70. The van der Waals surface area contributed by atoms with E-state index in [0.717, 1.165) is 37.4 Å². The van der Waals surface area contributed by atoms with Crippen molar-refractivity contribution in [2.24, 2.45) is 0 Å². The monoisotopic (exact) mass is 357 g/mol. The Morgan fingerprint density at radius 1 is 1.23 bits per heavy atom. The Balaban J connectivity index is 1.60. The van der Waals surface area contributed by atoms with Gasteiger partial charge in [0.05, 0.1) is 5.69 Å². The zero-order valence-electron chi connectivity index (χ0n) is 14.9. The number of nitrogens with one attached hydrogen (secondary N) is 2. The third kappa shape index (κ3) is 2.79. The van der Waals surface area contributed by atoms with Crippen molar-refractivity contribution < 1.29 is 14.4 Å². The number of carbonyl (C=O) groups is 3. The summed E-state index contributed by atoms with van der Waals surface area (Å²) in [5.74, 6) is -0.833. The fraction of sp³-hybridized carbons (Fsp3) is 0.556. The fourth-order valence-corrected chi connectivity index (χ4v) is 3.96. The normalized spacial score (nSPS) is 26.8. The highest BCUT2D eigenvalue weighted by Gasteiger charge is 2.48. The summed E-state index contributed by atoms with van der Waals surface area (Å²) >= 11 is 0. The average molecular weight is 357 g/mol. The van der Waals surface area contributed by atoms with Gasteiger partial charge in [0.2, 0.25) is 5.91 Å². The Hall–Kier alpha value is -2.32. The molecule has 8 nitrogen and oxygen atoms in total. The average Bonchev–Trinajstić information content (AvgIpc) is 2.98. The molecule has 0 bridgehead atoms. The lowest BCUT2D eigenvalue weighted by atomic mass is 9.89. The van der Waals surface area contributed by atoms with Crippen molar-refractivity contribution >= 4 is 17.7 Å². The van der Waals surface area contributed by atoms with Crippen LogP contribution in [-0.4, -0.2) is 64.2 Å². The van der Waals surface area contributed by atoms with E-state index in [4.69, 9.17) is 0 Å². The first-order valence-electron chi connectivity index (χ1n) is 9.05. The Morgan fingerprint density at radius 3 is 2.73 bits per heavy atom. The molecule has 138 valence electrons. The maximum absolute atomic E-state index is 13.0. The van der Waals surface area contributed by atoms with Gasteiger partial charge in [-0.3, -0.25) is 29.6 Å². The molecule has 0 aliphatic carbocycles. The number of carbonyl (C=O) groups excluding carboxylic acids is 3. The zero-order valence-corrected chi connectivity index (χ0v) is 14.9. The highest BCUT2D eigenvalue weighted by atomic mass is 16.2. The lowest BCUT2D eigenvalue weighted by Crippen LogP contribution is -2.61. The summed E-state index contributed by atoms with van der Waals surface area (Å²) in [6, 6.07) is 1.73. The van der Waals surface area contributed by atoms with Gasteiger partial charge in [0, 0.05) is 63.0 Å². The quantitative estimate of drug-likeness (QED) is 0.718. The molecule has 0 aromatic carbocycles. The van der Waals surface area contributed by atoms with Crippen LogP contribution in [0.3, 0.4) is 0 Å². The van der Waals surface area contributed by atoms with Crippen molar-refractivity contribution in [1.29, 1.82) is 0 Å². The summed E-state index contributed by atoms with van der Waals surface area (Å²) in [4.78, 5) is 45.4. The number of amides is 3. The second kappa shape index (κ2) is 6.44.